The standard InChI is InChI=1S/C15H10FNO2S2/c1-8-2-9(4-11(16)3-8)14-17-12(7-21-14)13-5-10(6-20-13)15(18)19/h2-7H,1H3,(H,18,19). The molecular formula is C15H10FNO2S2. The largest absolute Gasteiger partial charge is 0.478 e. The van der Waals surface area contributed by atoms with Gasteiger partial charge >= 0.3 is 5.97 Å². The minimum Gasteiger partial charge on any atom is -0.478 e. The molecule has 0 amide bonds. The minimum atomic E-state index is -0.950. The maximum Gasteiger partial charge on any atom is 0.336 e. The van der Waals surface area contributed by atoms with E-state index in [4.69, 9.17) is 5.11 Å². The van der Waals surface area contributed by atoms with Crippen LogP contribution >= 0.6 is 22.7 Å². The Morgan fingerprint density at radius 2 is 2.00 bits per heavy atom. The van der Waals surface area contributed by atoms with Crippen LogP contribution in [0.4, 0.5) is 4.39 Å². The zero-order valence-corrected chi connectivity index (χ0v) is 12.6. The summed E-state index contributed by atoms with van der Waals surface area (Å²) in [4.78, 5) is 16.2. The van der Waals surface area contributed by atoms with Crippen molar-refractivity contribution in [1.29, 1.82) is 0 Å². The highest BCUT2D eigenvalue weighted by Crippen LogP contribution is 2.32. The first-order valence-corrected chi connectivity index (χ1v) is 7.84. The third-order valence-electron chi connectivity index (χ3n) is 2.89. The molecule has 0 radical (unpaired) electrons. The molecule has 0 saturated carbocycles. The van der Waals surface area contributed by atoms with Gasteiger partial charge in [0.1, 0.15) is 10.8 Å². The molecule has 106 valence electrons. The molecule has 0 atom stereocenters. The molecule has 0 fully saturated rings. The summed E-state index contributed by atoms with van der Waals surface area (Å²) >= 11 is 2.75. The van der Waals surface area contributed by atoms with Gasteiger partial charge in [-0.25, -0.2) is 14.2 Å². The van der Waals surface area contributed by atoms with Crippen LogP contribution in [0.15, 0.2) is 35.0 Å². The number of thiophene rings is 1. The first-order chi connectivity index (χ1) is 10.0. The highest BCUT2D eigenvalue weighted by molar-refractivity contribution is 7.15. The van der Waals surface area contributed by atoms with Crippen LogP contribution < -0.4 is 0 Å². The van der Waals surface area contributed by atoms with Crippen molar-refractivity contribution in [3.63, 3.8) is 0 Å². The molecule has 0 aliphatic rings. The highest BCUT2D eigenvalue weighted by atomic mass is 32.1. The zero-order chi connectivity index (χ0) is 15.0. The summed E-state index contributed by atoms with van der Waals surface area (Å²) in [5.74, 6) is -1.24. The number of benzene rings is 1. The summed E-state index contributed by atoms with van der Waals surface area (Å²) in [7, 11) is 0. The van der Waals surface area contributed by atoms with E-state index in [9.17, 15) is 9.18 Å². The van der Waals surface area contributed by atoms with Gasteiger partial charge in [0.05, 0.1) is 16.1 Å². The van der Waals surface area contributed by atoms with Gasteiger partial charge in [-0.2, -0.15) is 0 Å². The normalized spacial score (nSPS) is 10.8. The summed E-state index contributed by atoms with van der Waals surface area (Å²) in [6.07, 6.45) is 0. The third-order valence-corrected chi connectivity index (χ3v) is 4.74. The van der Waals surface area contributed by atoms with Crippen LogP contribution in [0.25, 0.3) is 21.1 Å². The Balaban J connectivity index is 1.97. The quantitative estimate of drug-likeness (QED) is 0.762. The molecule has 1 aromatic carbocycles. The summed E-state index contributed by atoms with van der Waals surface area (Å²) in [5, 5.41) is 13.1. The van der Waals surface area contributed by atoms with Gasteiger partial charge in [0.15, 0.2) is 0 Å². The fourth-order valence-electron chi connectivity index (χ4n) is 1.96. The monoisotopic (exact) mass is 319 g/mol. The summed E-state index contributed by atoms with van der Waals surface area (Å²) in [6.45, 7) is 1.83. The van der Waals surface area contributed by atoms with Crippen LogP contribution in [0.2, 0.25) is 0 Å². The maximum absolute atomic E-state index is 13.4. The van der Waals surface area contributed by atoms with Crippen LogP contribution in [-0.4, -0.2) is 16.1 Å². The molecule has 2 heterocycles. The number of carboxylic acids is 1. The predicted octanol–water partition coefficient (Wildman–Crippen LogP) is 4.68. The van der Waals surface area contributed by atoms with E-state index in [1.54, 1.807) is 11.4 Å². The Morgan fingerprint density at radius 1 is 1.19 bits per heavy atom. The first-order valence-electron chi connectivity index (χ1n) is 6.08. The van der Waals surface area contributed by atoms with Crippen LogP contribution in [0.5, 0.6) is 0 Å². The molecule has 3 aromatic rings. The maximum atomic E-state index is 13.4. The number of rotatable bonds is 3. The van der Waals surface area contributed by atoms with Gasteiger partial charge in [0.25, 0.3) is 0 Å². The lowest BCUT2D eigenvalue weighted by Gasteiger charge is -1.99. The van der Waals surface area contributed by atoms with Crippen molar-refractivity contribution < 1.29 is 14.3 Å². The number of aromatic nitrogens is 1. The summed E-state index contributed by atoms with van der Waals surface area (Å²) in [5.41, 5.74) is 2.55. The second-order valence-electron chi connectivity index (χ2n) is 4.56. The number of hydrogen-bond acceptors (Lipinski definition) is 4. The van der Waals surface area contributed by atoms with Crippen LogP contribution in [-0.2, 0) is 0 Å². The van der Waals surface area contributed by atoms with Gasteiger partial charge in [-0.15, -0.1) is 22.7 Å². The fraction of sp³-hybridized carbons (Fsp3) is 0.0667. The number of carboxylic acid groups (broad SMARTS) is 1. The van der Waals surface area contributed by atoms with E-state index < -0.39 is 5.97 Å². The first kappa shape index (κ1) is 13.9. The number of aryl methyl sites for hydroxylation is 1. The fourth-order valence-corrected chi connectivity index (χ4v) is 3.69. The molecule has 3 nitrogen and oxygen atoms in total. The zero-order valence-electron chi connectivity index (χ0n) is 11.0. The van der Waals surface area contributed by atoms with E-state index in [1.165, 1.54) is 34.8 Å². The summed E-state index contributed by atoms with van der Waals surface area (Å²) < 4.78 is 13.4. The lowest BCUT2D eigenvalue weighted by molar-refractivity contribution is 0.0697. The van der Waals surface area contributed by atoms with Crippen LogP contribution in [0.3, 0.4) is 0 Å². The molecule has 3 rings (SSSR count). The second kappa shape index (κ2) is 5.38. The molecule has 1 N–H and O–H groups in total. The van der Waals surface area contributed by atoms with E-state index in [2.05, 4.69) is 4.98 Å². The van der Waals surface area contributed by atoms with Crippen LogP contribution in [0, 0.1) is 12.7 Å². The van der Waals surface area contributed by atoms with Crippen molar-refractivity contribution in [3.8, 4) is 21.1 Å². The molecule has 2 aromatic heterocycles. The van der Waals surface area contributed by atoms with Crippen molar-refractivity contribution in [2.45, 2.75) is 6.92 Å². The average molecular weight is 319 g/mol. The van der Waals surface area contributed by atoms with Crippen molar-refractivity contribution in [3.05, 3.63) is 52.0 Å². The smallest absolute Gasteiger partial charge is 0.336 e. The van der Waals surface area contributed by atoms with Gasteiger partial charge < -0.3 is 5.11 Å². The van der Waals surface area contributed by atoms with Gasteiger partial charge in [-0.05, 0) is 36.8 Å². The molecule has 0 aliphatic carbocycles. The number of nitrogens with zero attached hydrogens (tertiary/aromatic N) is 1. The number of thiazole rings is 1. The number of halogens is 1. The van der Waals surface area contributed by atoms with Gasteiger partial charge in [-0.3, -0.25) is 0 Å². The highest BCUT2D eigenvalue weighted by Gasteiger charge is 2.12. The van der Waals surface area contributed by atoms with Crippen molar-refractivity contribution in [1.82, 2.24) is 4.98 Å². The molecule has 0 aliphatic heterocycles. The van der Waals surface area contributed by atoms with E-state index in [-0.39, 0.29) is 11.4 Å². The second-order valence-corrected chi connectivity index (χ2v) is 6.33. The van der Waals surface area contributed by atoms with Crippen molar-refractivity contribution >= 4 is 28.6 Å². The van der Waals surface area contributed by atoms with E-state index >= 15 is 0 Å². The van der Waals surface area contributed by atoms with E-state index in [0.717, 1.165) is 26.7 Å². The van der Waals surface area contributed by atoms with Gasteiger partial charge in [0, 0.05) is 16.3 Å². The predicted molar refractivity (Wildman–Crippen MR) is 82.5 cm³/mol. The molecule has 0 spiro atoms. The molecule has 6 heteroatoms. The number of hydrogen-bond donors (Lipinski definition) is 1. The number of carbonyl (C=O) groups is 1. The van der Waals surface area contributed by atoms with Crippen molar-refractivity contribution in [2.75, 3.05) is 0 Å². The van der Waals surface area contributed by atoms with E-state index in [0.29, 0.717) is 0 Å². The summed E-state index contributed by atoms with van der Waals surface area (Å²) in [6, 6.07) is 6.40. The van der Waals surface area contributed by atoms with Crippen molar-refractivity contribution in [2.24, 2.45) is 0 Å². The Bertz CT molecular complexity index is 802. The van der Waals surface area contributed by atoms with Gasteiger partial charge in [-0.1, -0.05) is 0 Å². The Hall–Kier alpha value is -2.05. The molecular weight excluding hydrogens is 309 g/mol. The van der Waals surface area contributed by atoms with Crippen LogP contribution in [0.1, 0.15) is 15.9 Å². The Labute approximate surface area is 128 Å². The number of aromatic carboxylic acids is 1. The molecule has 0 bridgehead atoms. The lowest BCUT2D eigenvalue weighted by atomic mass is 10.1. The minimum absolute atomic E-state index is 0.256. The molecule has 21 heavy (non-hydrogen) atoms. The SMILES string of the molecule is Cc1cc(F)cc(-c2nc(-c3cc(C(=O)O)cs3)cs2)c1. The Kier molecular flexibility index (Phi) is 3.57. The average Bonchev–Trinajstić information content (AvgIpc) is 3.07. The Morgan fingerprint density at radius 3 is 2.67 bits per heavy atom. The topological polar surface area (TPSA) is 50.2 Å². The molecule has 0 saturated heterocycles. The van der Waals surface area contributed by atoms with Gasteiger partial charge in [0.2, 0.25) is 0 Å². The lowest BCUT2D eigenvalue weighted by Crippen LogP contribution is -1.91. The third kappa shape index (κ3) is 2.86. The molecule has 0 unspecified atom stereocenters. The van der Waals surface area contributed by atoms with E-state index in [1.807, 2.05) is 18.4 Å².